The number of rotatable bonds is 4. The minimum Gasteiger partial charge on any atom is -0.354 e. The van der Waals surface area contributed by atoms with Crippen molar-refractivity contribution in [2.75, 3.05) is 20.6 Å². The molecule has 0 aromatic carbocycles. The van der Waals surface area contributed by atoms with Gasteiger partial charge in [-0.1, -0.05) is 12.8 Å². The number of nitrogens with one attached hydrogen (secondary N) is 1. The van der Waals surface area contributed by atoms with Crippen LogP contribution in [0.25, 0.3) is 0 Å². The minimum atomic E-state index is 0.233. The lowest BCUT2D eigenvalue weighted by atomic mass is 9.95. The molecule has 3 aliphatic rings. The van der Waals surface area contributed by atoms with Crippen LogP contribution in [0, 0.1) is 17.8 Å². The molecule has 3 fully saturated rings. The van der Waals surface area contributed by atoms with Crippen molar-refractivity contribution < 1.29 is 4.79 Å². The van der Waals surface area contributed by atoms with Crippen LogP contribution in [0.1, 0.15) is 44.9 Å². The highest BCUT2D eigenvalue weighted by Gasteiger charge is 2.48. The number of hydrogen-bond acceptors (Lipinski definition) is 2. The van der Waals surface area contributed by atoms with Crippen molar-refractivity contribution in [2.45, 2.75) is 50.5 Å². The molecule has 3 saturated carbocycles. The Hall–Kier alpha value is -0.570. The summed E-state index contributed by atoms with van der Waals surface area (Å²) in [6, 6.07) is 0. The highest BCUT2D eigenvalue weighted by molar-refractivity contribution is 5.79. The largest absolute Gasteiger partial charge is 0.354 e. The van der Waals surface area contributed by atoms with Gasteiger partial charge in [0.25, 0.3) is 0 Å². The topological polar surface area (TPSA) is 32.3 Å². The first-order chi connectivity index (χ1) is 8.61. The van der Waals surface area contributed by atoms with Crippen LogP contribution in [0.4, 0.5) is 0 Å². The number of amides is 1. The predicted octanol–water partition coefficient (Wildman–Crippen LogP) is 2.02. The Bertz CT molecular complexity index is 323. The Morgan fingerprint density at radius 2 is 1.78 bits per heavy atom. The van der Waals surface area contributed by atoms with Crippen molar-refractivity contribution in [1.82, 2.24) is 10.2 Å². The first-order valence-corrected chi connectivity index (χ1v) is 7.56. The molecule has 0 heterocycles. The Labute approximate surface area is 110 Å². The molecule has 3 nitrogen and oxygen atoms in total. The standard InChI is InChI=1S/C15H26N2O/c1-17(2)15(5-3-4-6-15)10-16-14(18)13-8-11-7-12(11)9-13/h11-13H,3-10H2,1-2H3,(H,16,18). The van der Waals surface area contributed by atoms with Crippen LogP contribution in [0.5, 0.6) is 0 Å². The van der Waals surface area contributed by atoms with Gasteiger partial charge in [-0.25, -0.2) is 0 Å². The van der Waals surface area contributed by atoms with Crippen LogP contribution in [-0.2, 0) is 4.79 Å². The number of hydrogen-bond donors (Lipinski definition) is 1. The zero-order valence-corrected chi connectivity index (χ0v) is 11.7. The minimum absolute atomic E-state index is 0.233. The second kappa shape index (κ2) is 4.52. The van der Waals surface area contributed by atoms with Gasteiger partial charge < -0.3 is 10.2 Å². The van der Waals surface area contributed by atoms with E-state index in [1.807, 2.05) is 0 Å². The molecule has 2 unspecified atom stereocenters. The van der Waals surface area contributed by atoms with E-state index in [0.29, 0.717) is 11.8 Å². The molecule has 0 aromatic rings. The Kier molecular flexibility index (Phi) is 3.13. The molecule has 102 valence electrons. The van der Waals surface area contributed by atoms with Crippen molar-refractivity contribution >= 4 is 5.91 Å². The Morgan fingerprint density at radius 1 is 1.17 bits per heavy atom. The molecule has 0 radical (unpaired) electrons. The summed E-state index contributed by atoms with van der Waals surface area (Å²) in [5.74, 6) is 2.45. The van der Waals surface area contributed by atoms with Gasteiger partial charge >= 0.3 is 0 Å². The molecule has 0 spiro atoms. The van der Waals surface area contributed by atoms with Crippen LogP contribution in [-0.4, -0.2) is 37.0 Å². The van der Waals surface area contributed by atoms with Crippen molar-refractivity contribution in [3.8, 4) is 0 Å². The van der Waals surface area contributed by atoms with Crippen LogP contribution < -0.4 is 5.32 Å². The maximum absolute atomic E-state index is 12.2. The van der Waals surface area contributed by atoms with E-state index in [-0.39, 0.29) is 5.54 Å². The van der Waals surface area contributed by atoms with Crippen LogP contribution in [0.2, 0.25) is 0 Å². The molecule has 3 heteroatoms. The van der Waals surface area contributed by atoms with E-state index in [4.69, 9.17) is 0 Å². The molecule has 2 atom stereocenters. The average Bonchev–Trinajstić information content (AvgIpc) is 2.83. The van der Waals surface area contributed by atoms with Gasteiger partial charge in [0.15, 0.2) is 0 Å². The molecule has 1 N–H and O–H groups in total. The number of carbonyl (C=O) groups excluding carboxylic acids is 1. The van der Waals surface area contributed by atoms with E-state index < -0.39 is 0 Å². The highest BCUT2D eigenvalue weighted by Crippen LogP contribution is 2.54. The molecule has 18 heavy (non-hydrogen) atoms. The zero-order valence-electron chi connectivity index (χ0n) is 11.7. The van der Waals surface area contributed by atoms with Gasteiger partial charge in [0.2, 0.25) is 5.91 Å². The Morgan fingerprint density at radius 3 is 2.33 bits per heavy atom. The van der Waals surface area contributed by atoms with Crippen molar-refractivity contribution in [2.24, 2.45) is 17.8 Å². The van der Waals surface area contributed by atoms with Gasteiger partial charge in [0.1, 0.15) is 0 Å². The summed E-state index contributed by atoms with van der Waals surface area (Å²) in [6.45, 7) is 0.852. The van der Waals surface area contributed by atoms with Gasteiger partial charge in [-0.15, -0.1) is 0 Å². The van der Waals surface area contributed by atoms with Crippen molar-refractivity contribution in [3.63, 3.8) is 0 Å². The van der Waals surface area contributed by atoms with E-state index in [1.165, 1.54) is 32.1 Å². The van der Waals surface area contributed by atoms with E-state index in [9.17, 15) is 4.79 Å². The summed E-state index contributed by atoms with van der Waals surface area (Å²) in [5.41, 5.74) is 0.233. The lowest BCUT2D eigenvalue weighted by molar-refractivity contribution is -0.125. The fourth-order valence-electron chi connectivity index (χ4n) is 4.14. The molecule has 3 rings (SSSR count). The molecular formula is C15H26N2O. The molecule has 3 aliphatic carbocycles. The monoisotopic (exact) mass is 250 g/mol. The smallest absolute Gasteiger partial charge is 0.223 e. The number of carbonyl (C=O) groups is 1. The number of likely N-dealkylation sites (N-methyl/N-ethyl adjacent to an activating group) is 1. The zero-order chi connectivity index (χ0) is 12.8. The second-order valence-electron chi connectivity index (χ2n) is 6.97. The van der Waals surface area contributed by atoms with Gasteiger partial charge in [-0.3, -0.25) is 4.79 Å². The van der Waals surface area contributed by atoms with Crippen molar-refractivity contribution in [3.05, 3.63) is 0 Å². The summed E-state index contributed by atoms with van der Waals surface area (Å²) >= 11 is 0. The van der Waals surface area contributed by atoms with Gasteiger partial charge in [-0.2, -0.15) is 0 Å². The molecule has 1 amide bonds. The summed E-state index contributed by atoms with van der Waals surface area (Å²) in [6.07, 6.45) is 8.79. The van der Waals surface area contributed by atoms with Crippen LogP contribution >= 0.6 is 0 Å². The third-order valence-corrected chi connectivity index (χ3v) is 5.69. The molecule has 0 saturated heterocycles. The van der Waals surface area contributed by atoms with Crippen LogP contribution in [0.15, 0.2) is 0 Å². The highest BCUT2D eigenvalue weighted by atomic mass is 16.1. The number of nitrogens with zero attached hydrogens (tertiary/aromatic N) is 1. The summed E-state index contributed by atoms with van der Waals surface area (Å²) < 4.78 is 0. The van der Waals surface area contributed by atoms with Gasteiger partial charge in [-0.05, 0) is 58.0 Å². The average molecular weight is 250 g/mol. The third-order valence-electron chi connectivity index (χ3n) is 5.69. The molecule has 0 aromatic heterocycles. The third kappa shape index (κ3) is 2.18. The molecule has 0 aliphatic heterocycles. The second-order valence-corrected chi connectivity index (χ2v) is 6.97. The predicted molar refractivity (Wildman–Crippen MR) is 72.2 cm³/mol. The summed E-state index contributed by atoms with van der Waals surface area (Å²) in [5, 5.41) is 3.25. The summed E-state index contributed by atoms with van der Waals surface area (Å²) in [4.78, 5) is 14.5. The van der Waals surface area contributed by atoms with Gasteiger partial charge in [0, 0.05) is 18.0 Å². The lowest BCUT2D eigenvalue weighted by Crippen LogP contribution is -2.51. The van der Waals surface area contributed by atoms with E-state index in [2.05, 4.69) is 24.3 Å². The lowest BCUT2D eigenvalue weighted by Gasteiger charge is -2.36. The van der Waals surface area contributed by atoms with Crippen LogP contribution in [0.3, 0.4) is 0 Å². The first-order valence-electron chi connectivity index (χ1n) is 7.56. The SMILES string of the molecule is CN(C)C1(CNC(=O)C2CC3CC3C2)CCCC1. The number of fused-ring (bicyclic) bond motifs is 1. The first kappa shape index (κ1) is 12.5. The molecular weight excluding hydrogens is 224 g/mol. The Balaban J connectivity index is 1.51. The van der Waals surface area contributed by atoms with E-state index >= 15 is 0 Å². The quantitative estimate of drug-likeness (QED) is 0.828. The van der Waals surface area contributed by atoms with Crippen molar-refractivity contribution in [1.29, 1.82) is 0 Å². The summed E-state index contributed by atoms with van der Waals surface area (Å²) in [7, 11) is 4.31. The molecule has 0 bridgehead atoms. The maximum atomic E-state index is 12.2. The normalized spacial score (nSPS) is 36.7. The fourth-order valence-corrected chi connectivity index (χ4v) is 4.14. The van der Waals surface area contributed by atoms with Gasteiger partial charge in [0.05, 0.1) is 0 Å². The fraction of sp³-hybridized carbons (Fsp3) is 0.933. The van der Waals surface area contributed by atoms with E-state index in [1.54, 1.807) is 0 Å². The maximum Gasteiger partial charge on any atom is 0.223 e. The van der Waals surface area contributed by atoms with E-state index in [0.717, 1.165) is 31.2 Å².